The number of nitrogens with zero attached hydrogens (tertiary/aromatic N) is 1. The average molecular weight is 285 g/mol. The maximum absolute atomic E-state index is 13.0. The number of carbonyl (C=O) groups excluding carboxylic acids is 3. The molecule has 2 aliphatic heterocycles. The lowest BCUT2D eigenvalue weighted by Crippen LogP contribution is -2.55. The van der Waals surface area contributed by atoms with Gasteiger partial charge in [0.05, 0.1) is 5.69 Å². The van der Waals surface area contributed by atoms with Crippen LogP contribution >= 0.6 is 0 Å². The number of amides is 4. The normalized spacial score (nSPS) is 24.9. The van der Waals surface area contributed by atoms with Crippen molar-refractivity contribution in [2.45, 2.75) is 11.8 Å². The molecule has 0 aromatic heterocycles. The topological polar surface area (TPSA) is 78.5 Å². The van der Waals surface area contributed by atoms with Gasteiger partial charge >= 0.3 is 12.3 Å². The molecular formula is C11H6F3N3O3. The first kappa shape index (κ1) is 12.5. The Morgan fingerprint density at radius 3 is 2.30 bits per heavy atom. The van der Waals surface area contributed by atoms with Crippen LogP contribution in [0, 0.1) is 0 Å². The summed E-state index contributed by atoms with van der Waals surface area (Å²) in [5.41, 5.74) is -3.02. The third kappa shape index (κ3) is 1.31. The van der Waals surface area contributed by atoms with E-state index in [0.717, 1.165) is 6.07 Å². The zero-order valence-corrected chi connectivity index (χ0v) is 9.62. The molecule has 0 saturated carbocycles. The van der Waals surface area contributed by atoms with E-state index >= 15 is 0 Å². The minimum Gasteiger partial charge on any atom is -0.312 e. The fourth-order valence-electron chi connectivity index (χ4n) is 2.43. The molecule has 1 unspecified atom stereocenters. The Balaban J connectivity index is 2.28. The second kappa shape index (κ2) is 3.50. The van der Waals surface area contributed by atoms with Gasteiger partial charge in [-0.3, -0.25) is 14.9 Å². The van der Waals surface area contributed by atoms with E-state index in [0.29, 0.717) is 0 Å². The number of urea groups is 1. The van der Waals surface area contributed by atoms with Crippen molar-refractivity contribution in [3.8, 4) is 0 Å². The van der Waals surface area contributed by atoms with Crippen molar-refractivity contribution in [3.63, 3.8) is 0 Å². The Morgan fingerprint density at radius 2 is 1.75 bits per heavy atom. The van der Waals surface area contributed by atoms with Crippen molar-refractivity contribution in [3.05, 3.63) is 29.8 Å². The summed E-state index contributed by atoms with van der Waals surface area (Å²) in [7, 11) is 0. The van der Waals surface area contributed by atoms with Crippen LogP contribution in [0.3, 0.4) is 0 Å². The summed E-state index contributed by atoms with van der Waals surface area (Å²) >= 11 is 0. The zero-order chi connectivity index (χ0) is 14.7. The van der Waals surface area contributed by atoms with E-state index in [1.165, 1.54) is 18.2 Å². The summed E-state index contributed by atoms with van der Waals surface area (Å²) in [6.45, 7) is 0. The minimum atomic E-state index is -5.00. The number of hydrogen-bond donors (Lipinski definition) is 2. The molecule has 0 bridgehead atoms. The van der Waals surface area contributed by atoms with Gasteiger partial charge in [-0.2, -0.15) is 0 Å². The third-order valence-corrected chi connectivity index (χ3v) is 3.20. The molecule has 20 heavy (non-hydrogen) atoms. The van der Waals surface area contributed by atoms with Crippen LogP contribution in [0.4, 0.5) is 23.7 Å². The van der Waals surface area contributed by atoms with Crippen molar-refractivity contribution in [2.75, 3.05) is 4.90 Å². The third-order valence-electron chi connectivity index (χ3n) is 3.20. The quantitative estimate of drug-likeness (QED) is 0.416. The number of para-hydroxylation sites is 1. The fraction of sp³-hybridized carbons (Fsp3) is 0.182. The summed E-state index contributed by atoms with van der Waals surface area (Å²) < 4.78 is 39.0. The van der Waals surface area contributed by atoms with Crippen LogP contribution in [0.2, 0.25) is 0 Å². The van der Waals surface area contributed by atoms with Crippen LogP contribution < -0.4 is 15.5 Å². The summed E-state index contributed by atoms with van der Waals surface area (Å²) in [6, 6.07) is 3.93. The Kier molecular flexibility index (Phi) is 2.18. The number of rotatable bonds is 0. The van der Waals surface area contributed by atoms with Crippen molar-refractivity contribution in [2.24, 2.45) is 0 Å². The van der Waals surface area contributed by atoms with Crippen LogP contribution in [0.1, 0.15) is 5.56 Å². The minimum absolute atomic E-state index is 0.203. The van der Waals surface area contributed by atoms with E-state index in [-0.39, 0.29) is 5.56 Å². The van der Waals surface area contributed by atoms with E-state index in [2.05, 4.69) is 0 Å². The molecule has 2 heterocycles. The monoisotopic (exact) mass is 285 g/mol. The van der Waals surface area contributed by atoms with Crippen LogP contribution in [0.5, 0.6) is 0 Å². The molecule has 0 aliphatic carbocycles. The predicted octanol–water partition coefficient (Wildman–Crippen LogP) is 0.588. The lowest BCUT2D eigenvalue weighted by atomic mass is 9.92. The first-order valence-corrected chi connectivity index (χ1v) is 5.43. The number of nitrogens with one attached hydrogen (secondary N) is 2. The van der Waals surface area contributed by atoms with Gasteiger partial charge in [-0.25, -0.2) is 9.69 Å². The number of carbonyl (C=O) groups is 3. The van der Waals surface area contributed by atoms with E-state index in [1.807, 2.05) is 5.32 Å². The Morgan fingerprint density at radius 1 is 1.10 bits per heavy atom. The smallest absolute Gasteiger partial charge is 0.312 e. The maximum Gasteiger partial charge on any atom is 0.491 e. The number of halogens is 3. The van der Waals surface area contributed by atoms with Gasteiger partial charge in [-0.15, -0.1) is 13.2 Å². The molecule has 1 fully saturated rings. The molecule has 1 saturated heterocycles. The van der Waals surface area contributed by atoms with Crippen molar-refractivity contribution in [1.29, 1.82) is 0 Å². The SMILES string of the molecule is O=C1NC(=O)C2(N1)C(=O)N(C(F)(F)F)c1ccccc12. The number of alkyl halides is 3. The molecule has 0 radical (unpaired) electrons. The molecule has 2 N–H and O–H groups in total. The Hall–Kier alpha value is -2.58. The van der Waals surface area contributed by atoms with Crippen LogP contribution in [-0.4, -0.2) is 24.1 Å². The van der Waals surface area contributed by atoms with Gasteiger partial charge < -0.3 is 5.32 Å². The highest BCUT2D eigenvalue weighted by atomic mass is 19.4. The maximum atomic E-state index is 13.0. The highest BCUT2D eigenvalue weighted by molar-refractivity contribution is 6.27. The summed E-state index contributed by atoms with van der Waals surface area (Å²) in [5, 5.41) is 3.79. The zero-order valence-electron chi connectivity index (χ0n) is 9.62. The van der Waals surface area contributed by atoms with Crippen molar-refractivity contribution >= 4 is 23.5 Å². The molecule has 1 aromatic rings. The second-order valence-electron chi connectivity index (χ2n) is 4.28. The van der Waals surface area contributed by atoms with Gasteiger partial charge in [0.25, 0.3) is 11.8 Å². The predicted molar refractivity (Wildman–Crippen MR) is 58.3 cm³/mol. The van der Waals surface area contributed by atoms with Gasteiger partial charge in [0.2, 0.25) is 5.54 Å². The average Bonchev–Trinajstić information content (AvgIpc) is 2.77. The van der Waals surface area contributed by atoms with Gasteiger partial charge in [0.15, 0.2) is 0 Å². The lowest BCUT2D eigenvalue weighted by Gasteiger charge is -2.22. The standard InChI is InChI=1S/C11H6F3N3O3/c12-11(13,14)17-6-4-2-1-3-5(6)10(8(17)19)7(18)15-9(20)16-10/h1-4H,(H2,15,16,18,20). The first-order chi connectivity index (χ1) is 9.28. The molecule has 1 spiro atoms. The summed E-state index contributed by atoms with van der Waals surface area (Å²) in [4.78, 5) is 34.8. The molecule has 1 aromatic carbocycles. The number of hydrogen-bond acceptors (Lipinski definition) is 3. The van der Waals surface area contributed by atoms with E-state index in [4.69, 9.17) is 0 Å². The molecular weight excluding hydrogens is 279 g/mol. The molecule has 2 aliphatic rings. The first-order valence-electron chi connectivity index (χ1n) is 5.43. The Labute approximate surface area is 109 Å². The summed E-state index contributed by atoms with van der Waals surface area (Å²) in [5.74, 6) is -2.67. The van der Waals surface area contributed by atoms with E-state index in [9.17, 15) is 27.6 Å². The number of benzene rings is 1. The molecule has 1 atom stereocenters. The molecule has 3 rings (SSSR count). The van der Waals surface area contributed by atoms with Gasteiger partial charge in [0.1, 0.15) is 0 Å². The lowest BCUT2D eigenvalue weighted by molar-refractivity contribution is -0.153. The van der Waals surface area contributed by atoms with Crippen LogP contribution in [0.15, 0.2) is 24.3 Å². The molecule has 9 heteroatoms. The summed E-state index contributed by atoms with van der Waals surface area (Å²) in [6.07, 6.45) is -5.00. The second-order valence-corrected chi connectivity index (χ2v) is 4.28. The number of imide groups is 1. The largest absolute Gasteiger partial charge is 0.491 e. The molecule has 104 valence electrons. The number of fused-ring (bicyclic) bond motifs is 2. The van der Waals surface area contributed by atoms with Gasteiger partial charge in [-0.05, 0) is 6.07 Å². The van der Waals surface area contributed by atoms with Crippen molar-refractivity contribution < 1.29 is 27.6 Å². The molecule has 6 nitrogen and oxygen atoms in total. The van der Waals surface area contributed by atoms with Crippen molar-refractivity contribution in [1.82, 2.24) is 10.6 Å². The fourth-order valence-corrected chi connectivity index (χ4v) is 2.43. The van der Waals surface area contributed by atoms with Crippen LogP contribution in [0.25, 0.3) is 0 Å². The van der Waals surface area contributed by atoms with Gasteiger partial charge in [-0.1, -0.05) is 18.2 Å². The van der Waals surface area contributed by atoms with Crippen LogP contribution in [-0.2, 0) is 15.1 Å². The highest BCUT2D eigenvalue weighted by Crippen LogP contribution is 2.46. The van der Waals surface area contributed by atoms with Gasteiger partial charge in [0, 0.05) is 5.56 Å². The highest BCUT2D eigenvalue weighted by Gasteiger charge is 2.65. The van der Waals surface area contributed by atoms with E-state index in [1.54, 1.807) is 5.32 Å². The number of anilines is 1. The Bertz CT molecular complexity index is 658. The molecule has 4 amide bonds. The van der Waals surface area contributed by atoms with E-state index < -0.39 is 40.3 Å².